The monoisotopic (exact) mass is 1180 g/mol. The molecule has 16 nitrogen and oxygen atoms in total. The minimum Gasteiger partial charge on any atom is -0.469 e. The van der Waals surface area contributed by atoms with Crippen molar-refractivity contribution in [2.24, 2.45) is 10.8 Å². The van der Waals surface area contributed by atoms with Crippen molar-refractivity contribution >= 4 is 63.6 Å². The van der Waals surface area contributed by atoms with Crippen molar-refractivity contribution < 1.29 is 56.3 Å². The molecule has 5 saturated heterocycles. The second-order valence-corrected chi connectivity index (χ2v) is 24.5. The molecule has 4 aromatic carbocycles. The number of rotatable bonds is 14. The van der Waals surface area contributed by atoms with E-state index in [-0.39, 0.29) is 75.6 Å². The molecule has 0 radical (unpaired) electrons. The minimum atomic E-state index is -0.345. The zero-order valence-corrected chi connectivity index (χ0v) is 50.5. The zero-order valence-electron chi connectivity index (χ0n) is 48.9. The Balaban J connectivity index is 0.000000157. The van der Waals surface area contributed by atoms with Crippen LogP contribution in [0.25, 0.3) is 11.1 Å². The summed E-state index contributed by atoms with van der Waals surface area (Å²) >= 11 is 3.34. The van der Waals surface area contributed by atoms with Gasteiger partial charge >= 0.3 is 19.1 Å². The minimum absolute atomic E-state index is 0.0442. The van der Waals surface area contributed by atoms with Gasteiger partial charge in [0.05, 0.1) is 74.1 Å². The zero-order chi connectivity index (χ0) is 58.7. The largest absolute Gasteiger partial charge is 0.494 e. The van der Waals surface area contributed by atoms with Crippen molar-refractivity contribution in [3.63, 3.8) is 0 Å². The van der Waals surface area contributed by atoms with E-state index >= 15 is 0 Å². The molecule has 7 fully saturated rings. The first kappa shape index (κ1) is 60.2. The topological polar surface area (TPSA) is 200 Å². The van der Waals surface area contributed by atoms with Gasteiger partial charge in [-0.2, -0.15) is 0 Å². The summed E-state index contributed by atoms with van der Waals surface area (Å²) in [5.41, 5.74) is 6.92. The summed E-state index contributed by atoms with van der Waals surface area (Å²) in [6.07, 6.45) is 9.89. The number of hydrogen-bond donors (Lipinski definition) is 2. The first-order valence-electron chi connectivity index (χ1n) is 28.5. The lowest BCUT2D eigenvalue weighted by atomic mass is 9.62. The van der Waals surface area contributed by atoms with E-state index in [4.69, 9.17) is 37.1 Å². The maximum Gasteiger partial charge on any atom is 0.494 e. The summed E-state index contributed by atoms with van der Waals surface area (Å²) in [5.74, 6) is 0.799. The predicted octanol–water partition coefficient (Wildman–Crippen LogP) is 12.7. The fourth-order valence-electron chi connectivity index (χ4n) is 11.7. The van der Waals surface area contributed by atoms with Crippen LogP contribution in [0, 0.1) is 24.7 Å². The molecule has 6 aromatic rings. The molecule has 4 bridgehead atoms. The van der Waals surface area contributed by atoms with Crippen LogP contribution < -0.4 is 16.1 Å². The van der Waals surface area contributed by atoms with Crippen LogP contribution in [0.15, 0.2) is 110 Å². The number of halogens is 1. The van der Waals surface area contributed by atoms with Gasteiger partial charge in [-0.05, 0) is 157 Å². The van der Waals surface area contributed by atoms with Gasteiger partial charge in [-0.15, -0.1) is 0 Å². The van der Waals surface area contributed by atoms with E-state index in [1.54, 1.807) is 13.8 Å². The van der Waals surface area contributed by atoms with E-state index in [9.17, 15) is 19.2 Å². The number of hydrogen-bond acceptors (Lipinski definition) is 14. The van der Waals surface area contributed by atoms with Gasteiger partial charge in [-0.3, -0.25) is 19.2 Å². The first-order chi connectivity index (χ1) is 39.1. The molecule has 434 valence electrons. The number of carbonyl (C=O) groups is 4. The summed E-state index contributed by atoms with van der Waals surface area (Å²) in [6.45, 7) is 16.9. The fraction of sp³-hybridized carbons (Fsp3) is 0.469. The normalized spacial score (nSPS) is 23.6. The number of esters is 2. The molecule has 0 spiro atoms. The van der Waals surface area contributed by atoms with Gasteiger partial charge in [-0.25, -0.2) is 9.97 Å². The molecule has 2 N–H and O–H groups in total. The lowest BCUT2D eigenvalue weighted by Crippen LogP contribution is -2.50. The average Bonchev–Trinajstić information content (AvgIpc) is 3.52. The number of aryl methyl sites for hydroxylation is 4. The number of carbonyl (C=O) groups excluding carboxylic acids is 4. The molecule has 7 aliphatic rings. The molecule has 0 atom stereocenters. The highest BCUT2D eigenvalue weighted by atomic mass is 79.9. The molecule has 5 aliphatic heterocycles. The highest BCUT2D eigenvalue weighted by Crippen LogP contribution is 2.56. The molecule has 13 rings (SSSR count). The second kappa shape index (κ2) is 24.4. The number of nitrogens with one attached hydrogen (secondary N) is 2. The van der Waals surface area contributed by atoms with Crippen molar-refractivity contribution in [1.82, 2.24) is 9.97 Å². The lowest BCUT2D eigenvalue weighted by molar-refractivity contribution is -0.196. The van der Waals surface area contributed by atoms with Crippen molar-refractivity contribution in [1.29, 1.82) is 0 Å². The van der Waals surface area contributed by atoms with Gasteiger partial charge in [0.25, 0.3) is 11.8 Å². The number of nitrogens with zero attached hydrogens (tertiary/aromatic N) is 2. The van der Waals surface area contributed by atoms with Gasteiger partial charge in [0.15, 0.2) is 11.8 Å². The second-order valence-electron chi connectivity index (χ2n) is 23.6. The maximum atomic E-state index is 12.6. The molecule has 2 amide bonds. The Morgan fingerprint density at radius 3 is 1.26 bits per heavy atom. The summed E-state index contributed by atoms with van der Waals surface area (Å²) in [5, 5.41) is 5.65. The molecule has 2 saturated carbocycles. The number of amides is 2. The van der Waals surface area contributed by atoms with Crippen LogP contribution in [0.3, 0.4) is 0 Å². The van der Waals surface area contributed by atoms with Gasteiger partial charge in [0.1, 0.15) is 0 Å². The average molecular weight is 1180 g/mol. The SMILES string of the molecule is CCc1nc(C)c(C(=O)Nc2ccc(-c3ccc(C45CCC(CC(=O)OC)(CC4)CO5)cc3)cc2)o1.CCc1nc(C)c(C(=O)Nc2ccc(Br)cc2)o1.COC(=O)CC12CCC(c3ccc(B4OC(C)(C)C(C)(C)O4)cc3)(CC1)OC2. The standard InChI is InChI=1S/C29H32N2O5.C22H31BO5.C13H13BrN2O2/c1-4-24-30-19(2)26(36-24)27(33)31-23-11-7-21(8-12-23)20-5-9-22(10-6-20)29-15-13-28(14-16-29,18-35-29)17-25(32)34-3;1-19(2)20(3,4)28-23(27-19)17-8-6-16(7-9-17)22-12-10-21(11-13-22,15-26-22)14-18(24)25-5;1-3-11-15-8(2)12(18-11)13(17)16-10-6-4-9(14)5-7-10/h5-12H,4,13-18H2,1-3H3,(H,31,33);6-9H,10-15H2,1-5H3;4-7H,3H2,1-2H3,(H,16,17). The van der Waals surface area contributed by atoms with Crippen LogP contribution in [0.4, 0.5) is 11.4 Å². The number of aromatic nitrogens is 2. The van der Waals surface area contributed by atoms with E-state index in [2.05, 4.69) is 113 Å². The Kier molecular flexibility index (Phi) is 17.9. The third-order valence-corrected chi connectivity index (χ3v) is 18.2. The number of fused-ring (bicyclic) bond motifs is 6. The molecular formula is C64H76BBrN4O12. The molecule has 2 aromatic heterocycles. The van der Waals surface area contributed by atoms with Gasteiger partial charge in [-0.1, -0.05) is 90.4 Å². The fourth-order valence-corrected chi connectivity index (χ4v) is 11.9. The number of benzene rings is 4. The van der Waals surface area contributed by atoms with Crippen molar-refractivity contribution in [3.05, 3.63) is 147 Å². The number of oxazole rings is 2. The lowest BCUT2D eigenvalue weighted by Gasteiger charge is -2.53. The van der Waals surface area contributed by atoms with E-state index in [1.807, 2.05) is 62.4 Å². The Labute approximate surface area is 489 Å². The van der Waals surface area contributed by atoms with Crippen molar-refractivity contribution in [2.75, 3.05) is 38.1 Å². The molecule has 2 aliphatic carbocycles. The van der Waals surface area contributed by atoms with Crippen LogP contribution in [-0.4, -0.2) is 79.5 Å². The third kappa shape index (κ3) is 13.0. The summed E-state index contributed by atoms with van der Waals surface area (Å²) in [7, 11) is 2.56. The van der Waals surface area contributed by atoms with Gasteiger partial charge in [0.2, 0.25) is 11.5 Å². The highest BCUT2D eigenvalue weighted by molar-refractivity contribution is 9.10. The number of anilines is 2. The Morgan fingerprint density at radius 1 is 0.549 bits per heavy atom. The van der Waals surface area contributed by atoms with Gasteiger partial charge < -0.3 is 47.7 Å². The molecule has 82 heavy (non-hydrogen) atoms. The molecule has 7 heterocycles. The maximum absolute atomic E-state index is 12.6. The number of ether oxygens (including phenoxy) is 4. The summed E-state index contributed by atoms with van der Waals surface area (Å²) in [6, 6.07) is 32.2. The summed E-state index contributed by atoms with van der Waals surface area (Å²) < 4.78 is 46.7. The van der Waals surface area contributed by atoms with Crippen LogP contribution in [-0.2, 0) is 61.9 Å². The number of methoxy groups -OCH3 is 2. The van der Waals surface area contributed by atoms with Crippen LogP contribution in [0.2, 0.25) is 0 Å². The van der Waals surface area contributed by atoms with E-state index in [1.165, 1.54) is 25.3 Å². The van der Waals surface area contributed by atoms with Crippen molar-refractivity contribution in [3.8, 4) is 11.1 Å². The van der Waals surface area contributed by atoms with E-state index < -0.39 is 0 Å². The van der Waals surface area contributed by atoms with E-state index in [0.717, 1.165) is 78.1 Å². The molecule has 0 unspecified atom stereocenters. The Morgan fingerprint density at radius 2 is 0.915 bits per heavy atom. The Hall–Kier alpha value is -6.44. The molecular weight excluding hydrogens is 1110 g/mol. The smallest absolute Gasteiger partial charge is 0.469 e. The highest BCUT2D eigenvalue weighted by Gasteiger charge is 2.54. The van der Waals surface area contributed by atoms with Crippen molar-refractivity contribution in [2.45, 2.75) is 155 Å². The third-order valence-electron chi connectivity index (χ3n) is 17.7. The van der Waals surface area contributed by atoms with Crippen LogP contribution >= 0.6 is 15.9 Å². The first-order valence-corrected chi connectivity index (χ1v) is 29.2. The quantitative estimate of drug-likeness (QED) is 0.0771. The Bertz CT molecular complexity index is 3180. The van der Waals surface area contributed by atoms with Crippen LogP contribution in [0.1, 0.15) is 161 Å². The predicted molar refractivity (Wildman–Crippen MR) is 316 cm³/mol. The van der Waals surface area contributed by atoms with Gasteiger partial charge in [0, 0.05) is 39.5 Å². The molecule has 18 heteroatoms. The van der Waals surface area contributed by atoms with E-state index in [0.29, 0.717) is 67.8 Å². The van der Waals surface area contributed by atoms with Crippen LogP contribution in [0.5, 0.6) is 0 Å². The summed E-state index contributed by atoms with van der Waals surface area (Å²) in [4.78, 5) is 56.6.